The highest BCUT2D eigenvalue weighted by molar-refractivity contribution is 5.91. The van der Waals surface area contributed by atoms with Gasteiger partial charge in [0.15, 0.2) is 11.5 Å². The molecule has 6 nitrogen and oxygen atoms in total. The molecule has 0 radical (unpaired) electrons. The molecular formula is C23H27NO5. The zero-order chi connectivity index (χ0) is 21.3. The minimum atomic E-state index is -0.548. The fourth-order valence-electron chi connectivity index (χ4n) is 3.57. The largest absolute Gasteiger partial charge is 0.507 e. The topological polar surface area (TPSA) is 99.0 Å². The molecule has 1 amide bonds. The number of carbonyl (C=O) groups excluding carboxylic acids is 1. The SMILES string of the molecule is Cc1c(C)c2c(c(C)c1O)CCC(C)(CNC(=O)/C=C/c1ccc(O)c(O)c1)O2. The van der Waals surface area contributed by atoms with Gasteiger partial charge in [-0.25, -0.2) is 0 Å². The molecule has 29 heavy (non-hydrogen) atoms. The monoisotopic (exact) mass is 397 g/mol. The van der Waals surface area contributed by atoms with Gasteiger partial charge in [-0.05, 0) is 81.0 Å². The summed E-state index contributed by atoms with van der Waals surface area (Å²) < 4.78 is 6.30. The van der Waals surface area contributed by atoms with E-state index in [2.05, 4.69) is 5.32 Å². The van der Waals surface area contributed by atoms with Gasteiger partial charge in [-0.2, -0.15) is 0 Å². The summed E-state index contributed by atoms with van der Waals surface area (Å²) in [5.41, 5.74) is 3.68. The van der Waals surface area contributed by atoms with E-state index in [4.69, 9.17) is 4.74 Å². The lowest BCUT2D eigenvalue weighted by atomic mass is 9.87. The maximum atomic E-state index is 12.2. The number of amides is 1. The van der Waals surface area contributed by atoms with Crippen molar-refractivity contribution in [2.24, 2.45) is 0 Å². The number of carbonyl (C=O) groups is 1. The van der Waals surface area contributed by atoms with Crippen LogP contribution in [0, 0.1) is 20.8 Å². The zero-order valence-electron chi connectivity index (χ0n) is 17.2. The molecule has 154 valence electrons. The van der Waals surface area contributed by atoms with Gasteiger partial charge in [0.25, 0.3) is 0 Å². The van der Waals surface area contributed by atoms with Gasteiger partial charge in [0, 0.05) is 11.6 Å². The molecule has 0 saturated carbocycles. The van der Waals surface area contributed by atoms with Crippen molar-refractivity contribution in [1.29, 1.82) is 0 Å². The van der Waals surface area contributed by atoms with Gasteiger partial charge in [0.2, 0.25) is 5.91 Å². The maximum absolute atomic E-state index is 12.2. The second kappa shape index (κ2) is 7.70. The zero-order valence-corrected chi connectivity index (χ0v) is 17.2. The third kappa shape index (κ3) is 4.16. The van der Waals surface area contributed by atoms with E-state index in [0.29, 0.717) is 17.9 Å². The van der Waals surface area contributed by atoms with Gasteiger partial charge in [-0.15, -0.1) is 0 Å². The molecule has 0 aromatic heterocycles. The van der Waals surface area contributed by atoms with Gasteiger partial charge >= 0.3 is 0 Å². The molecule has 1 unspecified atom stereocenters. The van der Waals surface area contributed by atoms with Crippen LogP contribution in [0.1, 0.15) is 41.2 Å². The van der Waals surface area contributed by atoms with Crippen molar-refractivity contribution in [3.05, 3.63) is 52.1 Å². The Bertz CT molecular complexity index is 995. The molecule has 0 spiro atoms. The molecular weight excluding hydrogens is 370 g/mol. The number of fused-ring (bicyclic) bond motifs is 1. The third-order valence-corrected chi connectivity index (χ3v) is 5.66. The Kier molecular flexibility index (Phi) is 5.46. The highest BCUT2D eigenvalue weighted by Gasteiger charge is 2.34. The average molecular weight is 397 g/mol. The molecule has 1 heterocycles. The van der Waals surface area contributed by atoms with E-state index in [-0.39, 0.29) is 17.4 Å². The lowest BCUT2D eigenvalue weighted by molar-refractivity contribution is -0.117. The van der Waals surface area contributed by atoms with Gasteiger partial charge in [-0.3, -0.25) is 4.79 Å². The molecule has 0 fully saturated rings. The van der Waals surface area contributed by atoms with Gasteiger partial charge in [0.1, 0.15) is 17.1 Å². The predicted octanol–water partition coefficient (Wildman–Crippen LogP) is 3.64. The second-order valence-electron chi connectivity index (χ2n) is 7.88. The molecule has 0 aliphatic carbocycles. The minimum absolute atomic E-state index is 0.205. The molecule has 2 aromatic carbocycles. The van der Waals surface area contributed by atoms with Crippen LogP contribution in [0.4, 0.5) is 0 Å². The third-order valence-electron chi connectivity index (χ3n) is 5.66. The summed E-state index contributed by atoms with van der Waals surface area (Å²) in [6.45, 7) is 8.03. The van der Waals surface area contributed by atoms with E-state index in [0.717, 1.165) is 40.8 Å². The number of phenolic OH excluding ortho intramolecular Hbond substituents is 3. The van der Waals surface area contributed by atoms with Crippen LogP contribution in [0.3, 0.4) is 0 Å². The standard InChI is InChI=1S/C23H27NO5/c1-13-14(2)22-17(15(3)21(13)28)9-10-23(4,29-22)12-24-20(27)8-6-16-5-7-18(25)19(26)11-16/h5-8,11,25-26,28H,9-10,12H2,1-4H3,(H,24,27)/b8-6+. The first-order chi connectivity index (χ1) is 13.6. The van der Waals surface area contributed by atoms with Crippen LogP contribution in [0.5, 0.6) is 23.0 Å². The lowest BCUT2D eigenvalue weighted by Crippen LogP contribution is -2.47. The maximum Gasteiger partial charge on any atom is 0.244 e. The highest BCUT2D eigenvalue weighted by atomic mass is 16.5. The lowest BCUT2D eigenvalue weighted by Gasteiger charge is -2.38. The van der Waals surface area contributed by atoms with Gasteiger partial charge in [0.05, 0.1) is 6.54 Å². The number of hydrogen-bond donors (Lipinski definition) is 4. The Labute approximate surface area is 170 Å². The van der Waals surface area contributed by atoms with E-state index in [1.54, 1.807) is 12.1 Å². The quantitative estimate of drug-likeness (QED) is 0.466. The molecule has 0 bridgehead atoms. The van der Waals surface area contributed by atoms with Crippen molar-refractivity contribution in [3.8, 4) is 23.0 Å². The van der Waals surface area contributed by atoms with Crippen molar-refractivity contribution >= 4 is 12.0 Å². The van der Waals surface area contributed by atoms with Crippen molar-refractivity contribution in [2.45, 2.75) is 46.1 Å². The fraction of sp³-hybridized carbons (Fsp3) is 0.348. The van der Waals surface area contributed by atoms with Crippen LogP contribution >= 0.6 is 0 Å². The Morgan fingerprint density at radius 2 is 1.86 bits per heavy atom. The minimum Gasteiger partial charge on any atom is -0.507 e. The summed E-state index contributed by atoms with van der Waals surface area (Å²) in [4.78, 5) is 12.2. The van der Waals surface area contributed by atoms with Crippen molar-refractivity contribution in [1.82, 2.24) is 5.32 Å². The molecule has 6 heteroatoms. The van der Waals surface area contributed by atoms with E-state index in [1.165, 1.54) is 18.2 Å². The van der Waals surface area contributed by atoms with Crippen LogP contribution in [0.2, 0.25) is 0 Å². The summed E-state index contributed by atoms with van der Waals surface area (Å²) in [5.74, 6) is 0.413. The number of rotatable bonds is 4. The molecule has 3 rings (SSSR count). The van der Waals surface area contributed by atoms with Crippen LogP contribution < -0.4 is 10.1 Å². The smallest absolute Gasteiger partial charge is 0.244 e. The van der Waals surface area contributed by atoms with Crippen LogP contribution in [-0.4, -0.2) is 33.4 Å². The Morgan fingerprint density at radius 1 is 1.14 bits per heavy atom. The normalized spacial score (nSPS) is 18.3. The number of phenols is 3. The molecule has 2 aromatic rings. The molecule has 4 N–H and O–H groups in total. The predicted molar refractivity (Wildman–Crippen MR) is 111 cm³/mol. The summed E-state index contributed by atoms with van der Waals surface area (Å²) >= 11 is 0. The first kappa shape index (κ1) is 20.6. The van der Waals surface area contributed by atoms with Crippen molar-refractivity contribution in [2.75, 3.05) is 6.54 Å². The van der Waals surface area contributed by atoms with Gasteiger partial charge < -0.3 is 25.4 Å². The first-order valence-corrected chi connectivity index (χ1v) is 9.60. The number of nitrogens with one attached hydrogen (secondary N) is 1. The average Bonchev–Trinajstić information content (AvgIpc) is 2.70. The van der Waals surface area contributed by atoms with E-state index < -0.39 is 5.60 Å². The molecule has 1 aliphatic rings. The Hall–Kier alpha value is -3.15. The van der Waals surface area contributed by atoms with E-state index in [1.807, 2.05) is 27.7 Å². The second-order valence-corrected chi connectivity index (χ2v) is 7.88. The number of aromatic hydroxyl groups is 3. The highest BCUT2D eigenvalue weighted by Crippen LogP contribution is 2.43. The summed E-state index contributed by atoms with van der Waals surface area (Å²) in [7, 11) is 0. The first-order valence-electron chi connectivity index (χ1n) is 9.60. The van der Waals surface area contributed by atoms with Crippen LogP contribution in [-0.2, 0) is 11.2 Å². The van der Waals surface area contributed by atoms with E-state index >= 15 is 0 Å². The van der Waals surface area contributed by atoms with Crippen molar-refractivity contribution in [3.63, 3.8) is 0 Å². The number of ether oxygens (including phenoxy) is 1. The summed E-state index contributed by atoms with van der Waals surface area (Å²) in [6.07, 6.45) is 4.43. The number of benzene rings is 2. The number of hydrogen-bond acceptors (Lipinski definition) is 5. The van der Waals surface area contributed by atoms with Crippen LogP contribution in [0.25, 0.3) is 6.08 Å². The Morgan fingerprint density at radius 3 is 2.55 bits per heavy atom. The fourth-order valence-corrected chi connectivity index (χ4v) is 3.57. The van der Waals surface area contributed by atoms with Crippen LogP contribution in [0.15, 0.2) is 24.3 Å². The molecule has 1 aliphatic heterocycles. The molecule has 1 atom stereocenters. The summed E-state index contributed by atoms with van der Waals surface area (Å²) in [5, 5.41) is 32.0. The Balaban J connectivity index is 1.67. The van der Waals surface area contributed by atoms with Crippen molar-refractivity contribution < 1.29 is 24.9 Å². The summed E-state index contributed by atoms with van der Waals surface area (Å²) in [6, 6.07) is 4.35. The molecule has 0 saturated heterocycles. The van der Waals surface area contributed by atoms with Gasteiger partial charge in [-0.1, -0.05) is 6.07 Å². The van der Waals surface area contributed by atoms with E-state index in [9.17, 15) is 20.1 Å².